The highest BCUT2D eigenvalue weighted by atomic mass is 32.2. The largest absolute Gasteiger partial charge is 0.484 e. The van der Waals surface area contributed by atoms with Crippen molar-refractivity contribution < 1.29 is 31.3 Å². The molecule has 0 saturated carbocycles. The molecule has 0 aliphatic heterocycles. The Bertz CT molecular complexity index is 518. The first-order valence-electron chi connectivity index (χ1n) is 4.68. The van der Waals surface area contributed by atoms with Crippen LogP contribution < -0.4 is 4.57 Å². The first-order chi connectivity index (χ1) is 7.68. The molecule has 98 valence electrons. The molecular weight excluding hydrogens is 271 g/mol. The maximum atomic E-state index is 11.1. The lowest BCUT2D eigenvalue weighted by atomic mass is 10.5. The zero-order chi connectivity index (χ0) is 13.1. The standard InChI is InChI=1S/C7H13N2O6PS/c1-8-4-5-9(7-8)3-2-6-17(13,14)15-16(10,11)12/h4-5,7H,2-3,6H2,1H3,(H-,10,11,12)/p+1. The molecule has 1 heterocycles. The van der Waals surface area contributed by atoms with Gasteiger partial charge in [-0.3, -0.25) is 0 Å². The van der Waals surface area contributed by atoms with Crippen molar-refractivity contribution in [3.8, 4) is 0 Å². The Labute approximate surface area is 98.8 Å². The third-order valence-electron chi connectivity index (χ3n) is 1.85. The van der Waals surface area contributed by atoms with Gasteiger partial charge in [-0.15, -0.1) is 0 Å². The molecule has 1 rings (SSSR count). The van der Waals surface area contributed by atoms with Gasteiger partial charge in [0.05, 0.1) is 19.3 Å². The average Bonchev–Trinajstić information content (AvgIpc) is 2.46. The molecule has 17 heavy (non-hydrogen) atoms. The van der Waals surface area contributed by atoms with E-state index in [4.69, 9.17) is 9.79 Å². The summed E-state index contributed by atoms with van der Waals surface area (Å²) in [6.45, 7) is 0.421. The van der Waals surface area contributed by atoms with Gasteiger partial charge in [0, 0.05) is 6.42 Å². The molecule has 0 radical (unpaired) electrons. The number of aryl methyl sites for hydroxylation is 2. The van der Waals surface area contributed by atoms with Crippen molar-refractivity contribution in [3.63, 3.8) is 0 Å². The Morgan fingerprint density at radius 1 is 1.47 bits per heavy atom. The topological polar surface area (TPSA) is 110 Å². The molecule has 0 fully saturated rings. The number of imidazole rings is 1. The highest BCUT2D eigenvalue weighted by molar-refractivity contribution is 7.90. The van der Waals surface area contributed by atoms with E-state index in [9.17, 15) is 13.0 Å². The fraction of sp³-hybridized carbons (Fsp3) is 0.571. The Balaban J connectivity index is 2.43. The van der Waals surface area contributed by atoms with E-state index in [1.807, 2.05) is 7.05 Å². The number of hydrogen-bond donors (Lipinski definition) is 2. The Morgan fingerprint density at radius 3 is 2.59 bits per heavy atom. The molecule has 0 bridgehead atoms. The molecule has 8 nitrogen and oxygen atoms in total. The van der Waals surface area contributed by atoms with E-state index >= 15 is 0 Å². The molecule has 0 amide bonds. The van der Waals surface area contributed by atoms with Crippen molar-refractivity contribution in [1.82, 2.24) is 4.57 Å². The molecule has 1 aromatic rings. The zero-order valence-electron chi connectivity index (χ0n) is 9.13. The SMILES string of the molecule is C[n+]1ccn(CCCS(=O)(=O)OP(=O)(O)O)c1. The average molecular weight is 285 g/mol. The minimum Gasteiger partial charge on any atom is -0.302 e. The highest BCUT2D eigenvalue weighted by Crippen LogP contribution is 2.38. The van der Waals surface area contributed by atoms with Gasteiger partial charge in [-0.1, -0.05) is 0 Å². The van der Waals surface area contributed by atoms with E-state index in [0.29, 0.717) is 6.54 Å². The second-order valence-corrected chi connectivity index (χ2v) is 6.60. The number of rotatable bonds is 6. The normalized spacial score (nSPS) is 12.9. The number of nitrogens with zero attached hydrogens (tertiary/aromatic N) is 2. The van der Waals surface area contributed by atoms with Gasteiger partial charge in [-0.05, 0) is 0 Å². The smallest absolute Gasteiger partial charge is 0.302 e. The van der Waals surface area contributed by atoms with Crippen LogP contribution >= 0.6 is 7.82 Å². The molecule has 0 saturated heterocycles. The molecule has 2 N–H and O–H groups in total. The molecular formula is C7H14N2O6PS+. The second-order valence-electron chi connectivity index (χ2n) is 3.50. The number of hydrogen-bond acceptors (Lipinski definition) is 4. The monoisotopic (exact) mass is 285 g/mol. The van der Waals surface area contributed by atoms with Crippen LogP contribution in [0.3, 0.4) is 0 Å². The molecule has 0 aliphatic carbocycles. The lowest BCUT2D eigenvalue weighted by Crippen LogP contribution is -2.23. The molecule has 10 heteroatoms. The van der Waals surface area contributed by atoms with Gasteiger partial charge < -0.3 is 9.79 Å². The predicted octanol–water partition coefficient (Wildman–Crippen LogP) is -0.858. The van der Waals surface area contributed by atoms with Crippen molar-refractivity contribution in [2.45, 2.75) is 13.0 Å². The summed E-state index contributed by atoms with van der Waals surface area (Å²) >= 11 is 0. The maximum absolute atomic E-state index is 11.1. The summed E-state index contributed by atoms with van der Waals surface area (Å²) in [6, 6.07) is 0. The van der Waals surface area contributed by atoms with Crippen molar-refractivity contribution >= 4 is 17.9 Å². The first-order valence-corrected chi connectivity index (χ1v) is 7.79. The van der Waals surface area contributed by atoms with E-state index in [2.05, 4.69) is 3.97 Å². The third kappa shape index (κ3) is 5.94. The Hall–Kier alpha value is -0.730. The Kier molecular flexibility index (Phi) is 4.45. The van der Waals surface area contributed by atoms with Crippen molar-refractivity contribution in [1.29, 1.82) is 0 Å². The molecule has 0 spiro atoms. The lowest BCUT2D eigenvalue weighted by molar-refractivity contribution is -0.671. The van der Waals surface area contributed by atoms with Crippen LogP contribution in [-0.2, 0) is 32.2 Å². The van der Waals surface area contributed by atoms with Crippen LogP contribution in [0.1, 0.15) is 6.42 Å². The van der Waals surface area contributed by atoms with Gasteiger partial charge in [0.25, 0.3) is 10.1 Å². The van der Waals surface area contributed by atoms with Gasteiger partial charge in [-0.2, -0.15) is 12.4 Å². The van der Waals surface area contributed by atoms with Crippen molar-refractivity contribution in [2.24, 2.45) is 7.05 Å². The van der Waals surface area contributed by atoms with Gasteiger partial charge in [0.1, 0.15) is 12.4 Å². The van der Waals surface area contributed by atoms with Crippen LogP contribution in [0.4, 0.5) is 0 Å². The second kappa shape index (κ2) is 5.28. The zero-order valence-corrected chi connectivity index (χ0v) is 10.8. The van der Waals surface area contributed by atoms with Gasteiger partial charge in [-0.25, -0.2) is 13.7 Å². The maximum Gasteiger partial charge on any atom is 0.484 e. The molecule has 1 aromatic heterocycles. The summed E-state index contributed by atoms with van der Waals surface area (Å²) in [7, 11) is -7.36. The van der Waals surface area contributed by atoms with E-state index in [0.717, 1.165) is 0 Å². The quantitative estimate of drug-likeness (QED) is 0.520. The summed E-state index contributed by atoms with van der Waals surface area (Å²) in [5, 5.41) is 0. The number of aromatic nitrogens is 2. The van der Waals surface area contributed by atoms with Crippen LogP contribution in [-0.4, -0.2) is 28.5 Å². The summed E-state index contributed by atoms with van der Waals surface area (Å²) < 4.78 is 39.8. The third-order valence-corrected chi connectivity index (χ3v) is 4.32. The molecule has 0 aliphatic rings. The first kappa shape index (κ1) is 14.3. The fourth-order valence-corrected chi connectivity index (χ4v) is 3.21. The molecule has 0 unspecified atom stereocenters. The van der Waals surface area contributed by atoms with E-state index < -0.39 is 23.7 Å². The predicted molar refractivity (Wildman–Crippen MR) is 57.1 cm³/mol. The summed E-state index contributed by atoms with van der Waals surface area (Å²) in [4.78, 5) is 16.7. The molecule has 0 aromatic carbocycles. The summed E-state index contributed by atoms with van der Waals surface area (Å²) in [5.41, 5.74) is 0. The van der Waals surface area contributed by atoms with E-state index in [1.165, 1.54) is 0 Å². The Morgan fingerprint density at radius 2 is 2.12 bits per heavy atom. The minimum atomic E-state index is -4.99. The lowest BCUT2D eigenvalue weighted by Gasteiger charge is -2.04. The van der Waals surface area contributed by atoms with Crippen LogP contribution in [0.25, 0.3) is 0 Å². The van der Waals surface area contributed by atoms with Crippen molar-refractivity contribution in [2.75, 3.05) is 5.75 Å². The van der Waals surface area contributed by atoms with Gasteiger partial charge >= 0.3 is 7.82 Å². The van der Waals surface area contributed by atoms with E-state index in [1.54, 1.807) is 27.9 Å². The van der Waals surface area contributed by atoms with Crippen LogP contribution in [0, 0.1) is 0 Å². The van der Waals surface area contributed by atoms with Crippen LogP contribution in [0.2, 0.25) is 0 Å². The number of phosphoric acid groups is 1. The minimum absolute atomic E-state index is 0.205. The van der Waals surface area contributed by atoms with E-state index in [-0.39, 0.29) is 6.42 Å². The fourth-order valence-electron chi connectivity index (χ4n) is 1.24. The van der Waals surface area contributed by atoms with Crippen LogP contribution in [0.15, 0.2) is 18.7 Å². The van der Waals surface area contributed by atoms with Gasteiger partial charge in [0.15, 0.2) is 0 Å². The summed E-state index contributed by atoms with van der Waals surface area (Å²) in [6.07, 6.45) is 5.52. The summed E-state index contributed by atoms with van der Waals surface area (Å²) in [5.74, 6) is -0.444. The van der Waals surface area contributed by atoms with Crippen LogP contribution in [0.5, 0.6) is 0 Å². The molecule has 0 atom stereocenters. The highest BCUT2D eigenvalue weighted by Gasteiger charge is 2.25. The van der Waals surface area contributed by atoms with Crippen molar-refractivity contribution in [3.05, 3.63) is 18.7 Å². The van der Waals surface area contributed by atoms with Gasteiger partial charge in [0.2, 0.25) is 6.33 Å².